The SMILES string of the molecule is c1ccc(-c2nc(-c3ccccc3)nc(-c3ccc(-c4cccc(-c5nc6ccccc6c6oc(-c7ccccc7)c(-c7ccccc7)c56)c4)cc3)n2)cc1. The molecule has 0 saturated heterocycles. The van der Waals surface area contributed by atoms with Gasteiger partial charge in [-0.05, 0) is 34.9 Å². The monoisotopic (exact) mass is 704 g/mol. The summed E-state index contributed by atoms with van der Waals surface area (Å²) in [5, 5.41) is 1.98. The average Bonchev–Trinajstić information content (AvgIpc) is 3.69. The molecule has 10 aromatic rings. The van der Waals surface area contributed by atoms with Crippen molar-refractivity contribution in [1.82, 2.24) is 19.9 Å². The summed E-state index contributed by atoms with van der Waals surface area (Å²) < 4.78 is 6.90. The molecule has 0 aliphatic carbocycles. The van der Waals surface area contributed by atoms with E-state index in [1.807, 2.05) is 84.9 Å². The van der Waals surface area contributed by atoms with Crippen LogP contribution in [-0.2, 0) is 0 Å². The first kappa shape index (κ1) is 32.2. The van der Waals surface area contributed by atoms with E-state index < -0.39 is 0 Å². The summed E-state index contributed by atoms with van der Waals surface area (Å²) in [4.78, 5) is 20.0. The van der Waals surface area contributed by atoms with Crippen molar-refractivity contribution >= 4 is 21.9 Å². The number of benzene rings is 7. The molecule has 0 unspecified atom stereocenters. The van der Waals surface area contributed by atoms with Crippen molar-refractivity contribution in [1.29, 1.82) is 0 Å². The molecule has 0 fully saturated rings. The van der Waals surface area contributed by atoms with Crippen LogP contribution >= 0.6 is 0 Å². The Balaban J connectivity index is 1.10. The van der Waals surface area contributed by atoms with Gasteiger partial charge in [-0.3, -0.25) is 0 Å². The van der Waals surface area contributed by atoms with Gasteiger partial charge < -0.3 is 4.42 Å². The van der Waals surface area contributed by atoms with Crippen LogP contribution < -0.4 is 0 Å². The van der Waals surface area contributed by atoms with E-state index in [4.69, 9.17) is 24.4 Å². The van der Waals surface area contributed by atoms with Gasteiger partial charge in [0.1, 0.15) is 11.3 Å². The smallest absolute Gasteiger partial charge is 0.164 e. The Labute approximate surface area is 318 Å². The Kier molecular flexibility index (Phi) is 8.08. The molecule has 3 heterocycles. The largest absolute Gasteiger partial charge is 0.455 e. The lowest BCUT2D eigenvalue weighted by Crippen LogP contribution is -2.00. The summed E-state index contributed by atoms with van der Waals surface area (Å²) in [5.41, 5.74) is 11.7. The van der Waals surface area contributed by atoms with Crippen LogP contribution in [0.25, 0.3) is 101 Å². The van der Waals surface area contributed by atoms with E-state index in [9.17, 15) is 0 Å². The van der Waals surface area contributed by atoms with Crippen molar-refractivity contribution in [3.8, 4) is 79.0 Å². The van der Waals surface area contributed by atoms with Gasteiger partial charge in [-0.15, -0.1) is 0 Å². The number of fused-ring (bicyclic) bond motifs is 3. The van der Waals surface area contributed by atoms with Gasteiger partial charge in [0.15, 0.2) is 17.5 Å². The molecule has 10 rings (SSSR count). The van der Waals surface area contributed by atoms with E-state index in [0.717, 1.165) is 83.4 Å². The predicted octanol–water partition coefficient (Wildman–Crippen LogP) is 12.8. The van der Waals surface area contributed by atoms with Gasteiger partial charge in [0, 0.05) is 38.8 Å². The highest BCUT2D eigenvalue weighted by molar-refractivity contribution is 6.16. The molecule has 5 nitrogen and oxygen atoms in total. The van der Waals surface area contributed by atoms with Gasteiger partial charge >= 0.3 is 0 Å². The molecular formula is C50H32N4O. The molecule has 0 radical (unpaired) electrons. The Hall–Kier alpha value is -7.50. The van der Waals surface area contributed by atoms with Crippen LogP contribution in [0, 0.1) is 0 Å². The summed E-state index contributed by atoms with van der Waals surface area (Å²) >= 11 is 0. The number of hydrogen-bond acceptors (Lipinski definition) is 5. The van der Waals surface area contributed by atoms with Gasteiger partial charge in [0.05, 0.1) is 16.6 Å². The van der Waals surface area contributed by atoms with Crippen molar-refractivity contribution in [2.24, 2.45) is 0 Å². The fourth-order valence-corrected chi connectivity index (χ4v) is 7.26. The Bertz CT molecular complexity index is 2890. The third-order valence-electron chi connectivity index (χ3n) is 9.94. The number of pyridine rings is 1. The van der Waals surface area contributed by atoms with Crippen LogP contribution in [0.3, 0.4) is 0 Å². The number of furan rings is 1. The molecule has 0 bridgehead atoms. The van der Waals surface area contributed by atoms with E-state index in [-0.39, 0.29) is 0 Å². The molecule has 7 aromatic carbocycles. The topological polar surface area (TPSA) is 64.7 Å². The molecule has 5 heteroatoms. The standard InChI is InChI=1S/C50H32N4O/c1-5-16-34(17-6-1)43-44-45(51-42-27-14-13-26-41(42)47(44)55-46(43)35-18-7-2-8-19-35)40-25-15-24-39(32-40)33-28-30-38(31-29-33)50-53-48(36-20-9-3-10-21-36)52-49(54-50)37-22-11-4-12-23-37/h1-32H. The Morgan fingerprint density at radius 2 is 0.782 bits per heavy atom. The minimum absolute atomic E-state index is 0.624. The van der Waals surface area contributed by atoms with Crippen LogP contribution in [0.5, 0.6) is 0 Å². The van der Waals surface area contributed by atoms with E-state index in [1.54, 1.807) is 0 Å². The molecule has 3 aromatic heterocycles. The second-order valence-corrected chi connectivity index (χ2v) is 13.4. The maximum atomic E-state index is 6.90. The third-order valence-corrected chi connectivity index (χ3v) is 9.94. The number of hydrogen-bond donors (Lipinski definition) is 0. The fourth-order valence-electron chi connectivity index (χ4n) is 7.26. The Morgan fingerprint density at radius 3 is 1.38 bits per heavy atom. The summed E-state index contributed by atoms with van der Waals surface area (Å²) in [5.74, 6) is 2.73. The van der Waals surface area contributed by atoms with Gasteiger partial charge in [0.25, 0.3) is 0 Å². The molecule has 0 spiro atoms. The van der Waals surface area contributed by atoms with Crippen LogP contribution in [0.1, 0.15) is 0 Å². The fraction of sp³-hybridized carbons (Fsp3) is 0. The van der Waals surface area contributed by atoms with Crippen molar-refractivity contribution in [3.63, 3.8) is 0 Å². The van der Waals surface area contributed by atoms with E-state index in [2.05, 4.69) is 109 Å². The maximum absolute atomic E-state index is 6.90. The van der Waals surface area contributed by atoms with E-state index in [0.29, 0.717) is 17.5 Å². The quantitative estimate of drug-likeness (QED) is 0.165. The number of aromatic nitrogens is 4. The molecular weight excluding hydrogens is 673 g/mol. The highest BCUT2D eigenvalue weighted by Gasteiger charge is 2.24. The summed E-state index contributed by atoms with van der Waals surface area (Å²) in [6.07, 6.45) is 0. The van der Waals surface area contributed by atoms with Gasteiger partial charge in [-0.2, -0.15) is 0 Å². The molecule has 0 saturated carbocycles. The van der Waals surface area contributed by atoms with E-state index >= 15 is 0 Å². The van der Waals surface area contributed by atoms with Crippen molar-refractivity contribution in [2.45, 2.75) is 0 Å². The first-order valence-corrected chi connectivity index (χ1v) is 18.3. The second-order valence-electron chi connectivity index (χ2n) is 13.4. The lowest BCUT2D eigenvalue weighted by Gasteiger charge is -2.11. The van der Waals surface area contributed by atoms with Gasteiger partial charge in [-0.1, -0.05) is 176 Å². The number of rotatable bonds is 7. The van der Waals surface area contributed by atoms with Crippen molar-refractivity contribution < 1.29 is 4.42 Å². The van der Waals surface area contributed by atoms with E-state index in [1.165, 1.54) is 0 Å². The lowest BCUT2D eigenvalue weighted by atomic mass is 9.93. The second kappa shape index (κ2) is 13.8. The average molecular weight is 705 g/mol. The first-order chi connectivity index (χ1) is 27.3. The molecule has 258 valence electrons. The molecule has 0 aliphatic rings. The molecule has 0 amide bonds. The molecule has 0 atom stereocenters. The van der Waals surface area contributed by atoms with Crippen LogP contribution in [0.2, 0.25) is 0 Å². The minimum atomic E-state index is 0.624. The number of para-hydroxylation sites is 1. The van der Waals surface area contributed by atoms with Crippen LogP contribution in [0.4, 0.5) is 0 Å². The lowest BCUT2D eigenvalue weighted by molar-refractivity contribution is 0.636. The first-order valence-electron chi connectivity index (χ1n) is 18.3. The van der Waals surface area contributed by atoms with Gasteiger partial charge in [0.2, 0.25) is 0 Å². The van der Waals surface area contributed by atoms with Gasteiger partial charge in [-0.25, -0.2) is 19.9 Å². The molecule has 0 aliphatic heterocycles. The van der Waals surface area contributed by atoms with Crippen molar-refractivity contribution in [3.05, 3.63) is 194 Å². The summed E-state index contributed by atoms with van der Waals surface area (Å²) in [6.45, 7) is 0. The zero-order valence-corrected chi connectivity index (χ0v) is 29.7. The van der Waals surface area contributed by atoms with Crippen LogP contribution in [-0.4, -0.2) is 19.9 Å². The van der Waals surface area contributed by atoms with Crippen molar-refractivity contribution in [2.75, 3.05) is 0 Å². The zero-order valence-electron chi connectivity index (χ0n) is 29.7. The highest BCUT2D eigenvalue weighted by Crippen LogP contribution is 2.47. The maximum Gasteiger partial charge on any atom is 0.164 e. The Morgan fingerprint density at radius 1 is 0.327 bits per heavy atom. The number of nitrogens with zero attached hydrogens (tertiary/aromatic N) is 4. The third kappa shape index (κ3) is 6.04. The predicted molar refractivity (Wildman–Crippen MR) is 223 cm³/mol. The zero-order chi connectivity index (χ0) is 36.6. The molecule has 55 heavy (non-hydrogen) atoms. The van der Waals surface area contributed by atoms with Crippen LogP contribution in [0.15, 0.2) is 199 Å². The summed E-state index contributed by atoms with van der Waals surface area (Å²) in [6, 6.07) is 66.2. The summed E-state index contributed by atoms with van der Waals surface area (Å²) in [7, 11) is 0. The normalized spacial score (nSPS) is 11.3. The minimum Gasteiger partial charge on any atom is -0.455 e. The highest BCUT2D eigenvalue weighted by atomic mass is 16.3. The molecule has 0 N–H and O–H groups in total.